The number of aliphatic hydroxyl groups is 1. The van der Waals surface area contributed by atoms with Gasteiger partial charge in [-0.3, -0.25) is 4.98 Å². The number of hydrogen-bond donors (Lipinski definition) is 3. The molecule has 1 aliphatic carbocycles. The van der Waals surface area contributed by atoms with Crippen molar-refractivity contribution in [3.8, 4) is 11.3 Å². The van der Waals surface area contributed by atoms with Crippen LogP contribution in [0.4, 0.5) is 5.82 Å². The van der Waals surface area contributed by atoms with Gasteiger partial charge in [-0.05, 0) is 68.0 Å². The lowest BCUT2D eigenvalue weighted by Gasteiger charge is -2.19. The molecule has 0 radical (unpaired) electrons. The van der Waals surface area contributed by atoms with Crippen molar-refractivity contribution in [3.63, 3.8) is 0 Å². The summed E-state index contributed by atoms with van der Waals surface area (Å²) in [6.45, 7) is 3.46. The highest BCUT2D eigenvalue weighted by atomic mass is 35.5. The minimum Gasteiger partial charge on any atom is -0.386 e. The molecule has 1 aliphatic rings. The SMILES string of the molecule is CC(C)(O)c1ccnc(-c2cccc3cc(C(NS(=O)(=O)C4CC4)c4nc(N)ccc4Cl)sc23)c1. The largest absolute Gasteiger partial charge is 0.386 e. The van der Waals surface area contributed by atoms with Gasteiger partial charge in [-0.15, -0.1) is 11.3 Å². The van der Waals surface area contributed by atoms with Crippen LogP contribution in [0.3, 0.4) is 0 Å². The molecule has 1 saturated carbocycles. The molecule has 1 aromatic carbocycles. The lowest BCUT2D eigenvalue weighted by Crippen LogP contribution is -2.32. The summed E-state index contributed by atoms with van der Waals surface area (Å²) >= 11 is 7.92. The normalized spacial score (nSPS) is 15.4. The number of anilines is 1. The van der Waals surface area contributed by atoms with E-state index in [2.05, 4.69) is 14.7 Å². The van der Waals surface area contributed by atoms with Crippen LogP contribution >= 0.6 is 22.9 Å². The van der Waals surface area contributed by atoms with Gasteiger partial charge in [0.1, 0.15) is 5.82 Å². The molecule has 0 spiro atoms. The molecule has 35 heavy (non-hydrogen) atoms. The van der Waals surface area contributed by atoms with Crippen LogP contribution in [0.15, 0.2) is 54.7 Å². The number of nitrogens with one attached hydrogen (secondary N) is 1. The van der Waals surface area contributed by atoms with Gasteiger partial charge < -0.3 is 10.8 Å². The molecule has 3 aromatic heterocycles. The van der Waals surface area contributed by atoms with Crippen LogP contribution in [-0.2, 0) is 15.6 Å². The van der Waals surface area contributed by atoms with Crippen LogP contribution in [0.5, 0.6) is 0 Å². The average Bonchev–Trinajstić information content (AvgIpc) is 3.58. The number of nitrogen functional groups attached to an aromatic ring is 1. The number of halogens is 1. The van der Waals surface area contributed by atoms with Crippen LogP contribution in [0.2, 0.25) is 5.02 Å². The van der Waals surface area contributed by atoms with Crippen molar-refractivity contribution in [2.24, 2.45) is 0 Å². The molecule has 182 valence electrons. The third-order valence-electron chi connectivity index (χ3n) is 6.00. The van der Waals surface area contributed by atoms with E-state index in [-0.39, 0.29) is 5.82 Å². The predicted molar refractivity (Wildman–Crippen MR) is 141 cm³/mol. The zero-order chi connectivity index (χ0) is 25.0. The second-order valence-corrected chi connectivity index (χ2v) is 12.7. The van der Waals surface area contributed by atoms with Gasteiger partial charge >= 0.3 is 0 Å². The van der Waals surface area contributed by atoms with E-state index in [1.165, 1.54) is 11.3 Å². The molecule has 0 aliphatic heterocycles. The van der Waals surface area contributed by atoms with Crippen LogP contribution in [0.1, 0.15) is 48.9 Å². The van der Waals surface area contributed by atoms with Crippen molar-refractivity contribution >= 4 is 48.9 Å². The summed E-state index contributed by atoms with van der Waals surface area (Å²) in [7, 11) is -3.56. The first-order valence-corrected chi connectivity index (χ1v) is 13.9. The molecule has 4 N–H and O–H groups in total. The summed E-state index contributed by atoms with van der Waals surface area (Å²) < 4.78 is 29.7. The average molecular weight is 529 g/mol. The van der Waals surface area contributed by atoms with Crippen molar-refractivity contribution in [2.45, 2.75) is 43.6 Å². The fourth-order valence-corrected chi connectivity index (χ4v) is 6.99. The Balaban J connectivity index is 1.65. The summed E-state index contributed by atoms with van der Waals surface area (Å²) in [6, 6.07) is 13.9. The monoisotopic (exact) mass is 528 g/mol. The van der Waals surface area contributed by atoms with E-state index in [1.54, 1.807) is 38.2 Å². The van der Waals surface area contributed by atoms with Crippen molar-refractivity contribution < 1.29 is 13.5 Å². The van der Waals surface area contributed by atoms with E-state index in [0.29, 0.717) is 23.6 Å². The van der Waals surface area contributed by atoms with E-state index in [9.17, 15) is 13.5 Å². The zero-order valence-electron chi connectivity index (χ0n) is 19.2. The van der Waals surface area contributed by atoms with E-state index < -0.39 is 26.9 Å². The standard InChI is InChI=1S/C25H25ClN4O3S2/c1-25(2,31)15-10-11-28-19(13-15)17-5-3-4-14-12-20(34-24(14)17)23(30-35(32,33)16-6-7-16)22-18(26)8-9-21(27)29-22/h3-5,8-13,16,23,30-31H,6-7H2,1-2H3,(H2,27,29). The fraction of sp³-hybridized carbons (Fsp3) is 0.280. The van der Waals surface area contributed by atoms with Gasteiger partial charge in [0.25, 0.3) is 0 Å². The first-order valence-electron chi connectivity index (χ1n) is 11.2. The third kappa shape index (κ3) is 4.92. The molecule has 10 heteroatoms. The molecule has 5 rings (SSSR count). The number of nitrogens with two attached hydrogens (primary N) is 1. The van der Waals surface area contributed by atoms with E-state index >= 15 is 0 Å². The fourth-order valence-electron chi connectivity index (χ4n) is 3.95. The Morgan fingerprint density at radius 2 is 1.97 bits per heavy atom. The maximum Gasteiger partial charge on any atom is 0.215 e. The minimum absolute atomic E-state index is 0.259. The molecule has 0 saturated heterocycles. The number of sulfonamides is 1. The minimum atomic E-state index is -3.56. The number of rotatable bonds is 7. The van der Waals surface area contributed by atoms with Crippen molar-refractivity contribution in [2.75, 3.05) is 5.73 Å². The number of benzene rings is 1. The van der Waals surface area contributed by atoms with Crippen LogP contribution < -0.4 is 10.5 Å². The van der Waals surface area contributed by atoms with Gasteiger partial charge in [0.15, 0.2) is 0 Å². The lowest BCUT2D eigenvalue weighted by atomic mass is 9.97. The van der Waals surface area contributed by atoms with Gasteiger partial charge in [0.2, 0.25) is 10.0 Å². The molecule has 0 amide bonds. The number of nitrogens with zero attached hydrogens (tertiary/aromatic N) is 2. The van der Waals surface area contributed by atoms with Crippen LogP contribution in [0, 0.1) is 0 Å². The second kappa shape index (κ2) is 8.83. The topological polar surface area (TPSA) is 118 Å². The number of aromatic nitrogens is 2. The molecular formula is C25H25ClN4O3S2. The Hall–Kier alpha value is -2.56. The summed E-state index contributed by atoms with van der Waals surface area (Å²) in [5, 5.41) is 11.3. The highest BCUT2D eigenvalue weighted by Crippen LogP contribution is 2.41. The summed E-state index contributed by atoms with van der Waals surface area (Å²) in [5.74, 6) is 0.259. The smallest absolute Gasteiger partial charge is 0.215 e. The Labute approximate surface area is 213 Å². The van der Waals surface area contributed by atoms with Crippen molar-refractivity contribution in [1.82, 2.24) is 14.7 Å². The highest BCUT2D eigenvalue weighted by molar-refractivity contribution is 7.90. The molecule has 1 fully saturated rings. The Morgan fingerprint density at radius 3 is 2.69 bits per heavy atom. The quantitative estimate of drug-likeness (QED) is 0.311. The van der Waals surface area contributed by atoms with E-state index in [4.69, 9.17) is 17.3 Å². The molecule has 4 aromatic rings. The molecule has 1 atom stereocenters. The zero-order valence-corrected chi connectivity index (χ0v) is 21.6. The molecule has 0 bridgehead atoms. The summed E-state index contributed by atoms with van der Waals surface area (Å²) in [5.41, 5.74) is 7.65. The van der Waals surface area contributed by atoms with Gasteiger partial charge in [-0.25, -0.2) is 18.1 Å². The summed E-state index contributed by atoms with van der Waals surface area (Å²) in [6.07, 6.45) is 2.96. The van der Waals surface area contributed by atoms with E-state index in [0.717, 1.165) is 31.8 Å². The van der Waals surface area contributed by atoms with Gasteiger partial charge in [0, 0.05) is 21.3 Å². The molecular weight excluding hydrogens is 504 g/mol. The van der Waals surface area contributed by atoms with Crippen molar-refractivity contribution in [3.05, 3.63) is 75.9 Å². The Kier molecular flexibility index (Phi) is 6.09. The molecule has 3 heterocycles. The first-order chi connectivity index (χ1) is 16.5. The maximum absolute atomic E-state index is 12.9. The maximum atomic E-state index is 12.9. The van der Waals surface area contributed by atoms with Crippen LogP contribution in [-0.4, -0.2) is 28.7 Å². The highest BCUT2D eigenvalue weighted by Gasteiger charge is 2.38. The Morgan fingerprint density at radius 1 is 1.20 bits per heavy atom. The van der Waals surface area contributed by atoms with Gasteiger partial charge in [-0.2, -0.15) is 0 Å². The Bertz CT molecular complexity index is 1530. The summed E-state index contributed by atoms with van der Waals surface area (Å²) in [4.78, 5) is 9.67. The number of fused-ring (bicyclic) bond motifs is 1. The number of thiophene rings is 1. The number of pyridine rings is 2. The van der Waals surface area contributed by atoms with Gasteiger partial charge in [0.05, 0.1) is 33.3 Å². The third-order valence-corrected chi connectivity index (χ3v) is 9.49. The van der Waals surface area contributed by atoms with Crippen LogP contribution in [0.25, 0.3) is 21.3 Å². The second-order valence-electron chi connectivity index (χ2n) is 9.26. The van der Waals surface area contributed by atoms with Gasteiger partial charge in [-0.1, -0.05) is 29.8 Å². The predicted octanol–water partition coefficient (Wildman–Crippen LogP) is 4.99. The lowest BCUT2D eigenvalue weighted by molar-refractivity contribution is 0.0785. The first kappa shape index (κ1) is 24.1. The molecule has 1 unspecified atom stereocenters. The van der Waals surface area contributed by atoms with E-state index in [1.807, 2.05) is 30.3 Å². The molecule has 7 nitrogen and oxygen atoms in total. The number of hydrogen-bond acceptors (Lipinski definition) is 7. The van der Waals surface area contributed by atoms with Crippen molar-refractivity contribution in [1.29, 1.82) is 0 Å².